The van der Waals surface area contributed by atoms with Gasteiger partial charge in [-0.15, -0.1) is 0 Å². The maximum absolute atomic E-state index is 5.70. The first-order chi connectivity index (χ1) is 8.79. The number of anilines is 1. The van der Waals surface area contributed by atoms with Crippen LogP contribution in [0.25, 0.3) is 0 Å². The summed E-state index contributed by atoms with van der Waals surface area (Å²) >= 11 is 3.46. The SMILES string of the molecule is NCCC(Nc1ccccc1)c1ccc(Br)cc1. The number of hydrogen-bond donors (Lipinski definition) is 2. The summed E-state index contributed by atoms with van der Waals surface area (Å²) in [6.45, 7) is 0.667. The molecule has 2 nitrogen and oxygen atoms in total. The topological polar surface area (TPSA) is 38.0 Å². The van der Waals surface area contributed by atoms with Gasteiger partial charge in [-0.1, -0.05) is 46.3 Å². The molecule has 0 radical (unpaired) electrons. The molecule has 0 fully saturated rings. The van der Waals surface area contributed by atoms with Gasteiger partial charge in [-0.05, 0) is 42.8 Å². The minimum Gasteiger partial charge on any atom is -0.378 e. The molecule has 0 bridgehead atoms. The normalized spacial score (nSPS) is 12.1. The highest BCUT2D eigenvalue weighted by Crippen LogP contribution is 2.23. The van der Waals surface area contributed by atoms with Crippen molar-refractivity contribution in [3.05, 3.63) is 64.6 Å². The second-order valence-electron chi connectivity index (χ2n) is 4.19. The van der Waals surface area contributed by atoms with Gasteiger partial charge in [0, 0.05) is 10.2 Å². The van der Waals surface area contributed by atoms with Crippen molar-refractivity contribution in [2.45, 2.75) is 12.5 Å². The fraction of sp³-hybridized carbons (Fsp3) is 0.200. The van der Waals surface area contributed by atoms with Gasteiger partial charge in [0.15, 0.2) is 0 Å². The summed E-state index contributed by atoms with van der Waals surface area (Å²) in [6, 6.07) is 18.9. The van der Waals surface area contributed by atoms with Gasteiger partial charge in [-0.25, -0.2) is 0 Å². The number of halogens is 1. The smallest absolute Gasteiger partial charge is 0.0525 e. The molecule has 0 saturated carbocycles. The lowest BCUT2D eigenvalue weighted by Crippen LogP contribution is -2.15. The molecule has 94 valence electrons. The fourth-order valence-electron chi connectivity index (χ4n) is 1.92. The summed E-state index contributed by atoms with van der Waals surface area (Å²) in [6.07, 6.45) is 0.913. The summed E-state index contributed by atoms with van der Waals surface area (Å²) in [5, 5.41) is 3.52. The molecule has 3 N–H and O–H groups in total. The average Bonchev–Trinajstić information content (AvgIpc) is 2.40. The van der Waals surface area contributed by atoms with Crippen LogP contribution < -0.4 is 11.1 Å². The van der Waals surface area contributed by atoms with E-state index in [1.54, 1.807) is 0 Å². The molecule has 0 spiro atoms. The molecule has 2 rings (SSSR count). The van der Waals surface area contributed by atoms with Crippen molar-refractivity contribution in [3.8, 4) is 0 Å². The number of rotatable bonds is 5. The average molecular weight is 305 g/mol. The largest absolute Gasteiger partial charge is 0.378 e. The Labute approximate surface area is 116 Å². The molecular weight excluding hydrogens is 288 g/mol. The van der Waals surface area contributed by atoms with E-state index in [0.717, 1.165) is 16.6 Å². The number of nitrogens with one attached hydrogen (secondary N) is 1. The van der Waals surface area contributed by atoms with Gasteiger partial charge in [-0.3, -0.25) is 0 Å². The van der Waals surface area contributed by atoms with Crippen LogP contribution in [0.5, 0.6) is 0 Å². The van der Waals surface area contributed by atoms with Crippen LogP contribution in [0.4, 0.5) is 5.69 Å². The van der Waals surface area contributed by atoms with Crippen molar-refractivity contribution in [2.75, 3.05) is 11.9 Å². The Morgan fingerprint density at radius 3 is 2.28 bits per heavy atom. The first-order valence-corrected chi connectivity index (χ1v) is 6.86. The number of nitrogens with two attached hydrogens (primary N) is 1. The third kappa shape index (κ3) is 3.59. The van der Waals surface area contributed by atoms with Gasteiger partial charge >= 0.3 is 0 Å². The second-order valence-corrected chi connectivity index (χ2v) is 5.11. The van der Waals surface area contributed by atoms with Gasteiger partial charge in [-0.2, -0.15) is 0 Å². The Hall–Kier alpha value is -1.32. The summed E-state index contributed by atoms with van der Waals surface area (Å²) in [5.41, 5.74) is 8.08. The third-order valence-corrected chi connectivity index (χ3v) is 3.37. The van der Waals surface area contributed by atoms with Gasteiger partial charge in [0.25, 0.3) is 0 Å². The highest BCUT2D eigenvalue weighted by molar-refractivity contribution is 9.10. The van der Waals surface area contributed by atoms with Gasteiger partial charge in [0.1, 0.15) is 0 Å². The van der Waals surface area contributed by atoms with Crippen molar-refractivity contribution in [3.63, 3.8) is 0 Å². The summed E-state index contributed by atoms with van der Waals surface area (Å²) in [5.74, 6) is 0. The predicted octanol–water partition coefficient (Wildman–Crippen LogP) is 3.95. The van der Waals surface area contributed by atoms with Crippen LogP contribution in [0, 0.1) is 0 Å². The second kappa shape index (κ2) is 6.57. The highest BCUT2D eigenvalue weighted by atomic mass is 79.9. The lowest BCUT2D eigenvalue weighted by atomic mass is 10.0. The molecule has 0 amide bonds. The van der Waals surface area contributed by atoms with E-state index in [4.69, 9.17) is 5.73 Å². The van der Waals surface area contributed by atoms with Gasteiger partial charge in [0.05, 0.1) is 6.04 Å². The lowest BCUT2D eigenvalue weighted by Gasteiger charge is -2.20. The summed E-state index contributed by atoms with van der Waals surface area (Å²) < 4.78 is 1.09. The zero-order chi connectivity index (χ0) is 12.8. The van der Waals surface area contributed by atoms with Crippen LogP contribution in [0.15, 0.2) is 59.1 Å². The van der Waals surface area contributed by atoms with Crippen molar-refractivity contribution in [1.29, 1.82) is 0 Å². The minimum absolute atomic E-state index is 0.255. The Kier molecular flexibility index (Phi) is 4.79. The maximum Gasteiger partial charge on any atom is 0.0525 e. The van der Waals surface area contributed by atoms with E-state index in [1.807, 2.05) is 18.2 Å². The van der Waals surface area contributed by atoms with E-state index in [-0.39, 0.29) is 6.04 Å². The van der Waals surface area contributed by atoms with Crippen molar-refractivity contribution in [1.82, 2.24) is 0 Å². The van der Waals surface area contributed by atoms with Crippen LogP contribution in [-0.4, -0.2) is 6.54 Å². The Bertz CT molecular complexity index is 468. The molecular formula is C15H17BrN2. The number of para-hydroxylation sites is 1. The van der Waals surface area contributed by atoms with Crippen molar-refractivity contribution < 1.29 is 0 Å². The van der Waals surface area contributed by atoms with Crippen LogP contribution in [0.1, 0.15) is 18.0 Å². The number of hydrogen-bond acceptors (Lipinski definition) is 2. The standard InChI is InChI=1S/C15H17BrN2/c16-13-8-6-12(7-9-13)15(10-11-17)18-14-4-2-1-3-5-14/h1-9,15,18H,10-11,17H2. The first kappa shape index (κ1) is 13.1. The molecule has 2 aromatic rings. The zero-order valence-electron chi connectivity index (χ0n) is 10.1. The molecule has 0 heterocycles. The Balaban J connectivity index is 2.15. The van der Waals surface area contributed by atoms with E-state index in [9.17, 15) is 0 Å². The molecule has 3 heteroatoms. The van der Waals surface area contributed by atoms with E-state index >= 15 is 0 Å². The zero-order valence-corrected chi connectivity index (χ0v) is 11.7. The molecule has 0 aliphatic heterocycles. The molecule has 0 aromatic heterocycles. The Morgan fingerprint density at radius 1 is 1.00 bits per heavy atom. The Morgan fingerprint density at radius 2 is 1.67 bits per heavy atom. The fourth-order valence-corrected chi connectivity index (χ4v) is 2.18. The summed E-state index contributed by atoms with van der Waals surface area (Å²) in [7, 11) is 0. The minimum atomic E-state index is 0.255. The van der Waals surface area contributed by atoms with Gasteiger partial charge in [0.2, 0.25) is 0 Å². The van der Waals surface area contributed by atoms with Crippen LogP contribution in [-0.2, 0) is 0 Å². The third-order valence-electron chi connectivity index (χ3n) is 2.84. The molecule has 1 unspecified atom stereocenters. The van der Waals surface area contributed by atoms with E-state index in [0.29, 0.717) is 6.54 Å². The van der Waals surface area contributed by atoms with Crippen molar-refractivity contribution >= 4 is 21.6 Å². The van der Waals surface area contributed by atoms with Crippen molar-refractivity contribution in [2.24, 2.45) is 5.73 Å². The van der Waals surface area contributed by atoms with E-state index < -0.39 is 0 Å². The summed E-state index contributed by atoms with van der Waals surface area (Å²) in [4.78, 5) is 0. The monoisotopic (exact) mass is 304 g/mol. The van der Waals surface area contributed by atoms with Crippen LogP contribution in [0.2, 0.25) is 0 Å². The number of benzene rings is 2. The van der Waals surface area contributed by atoms with Gasteiger partial charge < -0.3 is 11.1 Å². The molecule has 0 saturated heterocycles. The lowest BCUT2D eigenvalue weighted by molar-refractivity contribution is 0.703. The predicted molar refractivity (Wildman–Crippen MR) is 80.6 cm³/mol. The van der Waals surface area contributed by atoms with E-state index in [2.05, 4.69) is 57.6 Å². The highest BCUT2D eigenvalue weighted by Gasteiger charge is 2.10. The molecule has 0 aliphatic carbocycles. The maximum atomic E-state index is 5.70. The molecule has 2 aromatic carbocycles. The first-order valence-electron chi connectivity index (χ1n) is 6.06. The van der Waals surface area contributed by atoms with E-state index in [1.165, 1.54) is 5.56 Å². The molecule has 18 heavy (non-hydrogen) atoms. The molecule has 1 atom stereocenters. The van der Waals surface area contributed by atoms with Crippen LogP contribution in [0.3, 0.4) is 0 Å². The quantitative estimate of drug-likeness (QED) is 0.877. The van der Waals surface area contributed by atoms with Crippen LogP contribution >= 0.6 is 15.9 Å². The molecule has 0 aliphatic rings.